The number of aryl methyl sites for hydroxylation is 1. The summed E-state index contributed by atoms with van der Waals surface area (Å²) < 4.78 is 10.9. The van der Waals surface area contributed by atoms with Gasteiger partial charge in [-0.1, -0.05) is 20.3 Å². The van der Waals surface area contributed by atoms with Gasteiger partial charge in [-0.3, -0.25) is 9.69 Å². The Bertz CT molecular complexity index is 574. The van der Waals surface area contributed by atoms with Crippen LogP contribution >= 0.6 is 0 Å². The molecule has 5 nitrogen and oxygen atoms in total. The molecule has 1 aromatic rings. The minimum absolute atomic E-state index is 0.0866. The van der Waals surface area contributed by atoms with Gasteiger partial charge in [-0.15, -0.1) is 0 Å². The standard InChI is InChI=1S/C20H32N2O3/c1-5-7-9-15-12-17(19(25-4)18(13-15)24-3)20(23)21-14-16-10-8-11-22(16)6-2/h12-13,16H,5-11,14H2,1-4H3,(H,21,23)/t16-/m0/s1. The average Bonchev–Trinajstić information content (AvgIpc) is 3.10. The average molecular weight is 348 g/mol. The van der Waals surface area contributed by atoms with Crippen molar-refractivity contribution >= 4 is 5.91 Å². The number of amides is 1. The first-order valence-electron chi connectivity index (χ1n) is 9.41. The van der Waals surface area contributed by atoms with Gasteiger partial charge >= 0.3 is 0 Å². The number of hydrogen-bond acceptors (Lipinski definition) is 4. The summed E-state index contributed by atoms with van der Waals surface area (Å²) in [4.78, 5) is 15.2. The number of unbranched alkanes of at least 4 members (excludes halogenated alkanes) is 1. The molecule has 1 aromatic carbocycles. The molecule has 1 atom stereocenters. The highest BCUT2D eigenvalue weighted by Crippen LogP contribution is 2.33. The number of ether oxygens (including phenoxy) is 2. The van der Waals surface area contributed by atoms with Crippen molar-refractivity contribution in [3.05, 3.63) is 23.3 Å². The van der Waals surface area contributed by atoms with Crippen molar-refractivity contribution in [2.75, 3.05) is 33.9 Å². The van der Waals surface area contributed by atoms with Gasteiger partial charge in [0, 0.05) is 12.6 Å². The molecule has 0 saturated carbocycles. The van der Waals surface area contributed by atoms with E-state index in [9.17, 15) is 4.79 Å². The zero-order chi connectivity index (χ0) is 18.2. The lowest BCUT2D eigenvalue weighted by atomic mass is 10.0. The van der Waals surface area contributed by atoms with E-state index in [-0.39, 0.29) is 5.91 Å². The van der Waals surface area contributed by atoms with E-state index in [1.54, 1.807) is 14.2 Å². The largest absolute Gasteiger partial charge is 0.493 e. The molecule has 1 fully saturated rings. The molecule has 0 aliphatic carbocycles. The Morgan fingerprint density at radius 2 is 2.08 bits per heavy atom. The molecule has 140 valence electrons. The van der Waals surface area contributed by atoms with Crippen molar-refractivity contribution in [3.8, 4) is 11.5 Å². The Morgan fingerprint density at radius 3 is 2.72 bits per heavy atom. The molecule has 0 unspecified atom stereocenters. The summed E-state index contributed by atoms with van der Waals surface area (Å²) in [5, 5.41) is 3.10. The van der Waals surface area contributed by atoms with E-state index < -0.39 is 0 Å². The van der Waals surface area contributed by atoms with Crippen molar-refractivity contribution in [3.63, 3.8) is 0 Å². The summed E-state index contributed by atoms with van der Waals surface area (Å²) in [6, 6.07) is 4.35. The highest BCUT2D eigenvalue weighted by atomic mass is 16.5. The minimum atomic E-state index is -0.0866. The Balaban J connectivity index is 2.15. The van der Waals surface area contributed by atoms with Crippen molar-refractivity contribution in [2.24, 2.45) is 0 Å². The predicted molar refractivity (Wildman–Crippen MR) is 101 cm³/mol. The number of hydrogen-bond donors (Lipinski definition) is 1. The molecule has 25 heavy (non-hydrogen) atoms. The van der Waals surface area contributed by atoms with Crippen LogP contribution in [-0.2, 0) is 6.42 Å². The second-order valence-electron chi connectivity index (χ2n) is 6.62. The molecule has 1 heterocycles. The smallest absolute Gasteiger partial charge is 0.255 e. The minimum Gasteiger partial charge on any atom is -0.493 e. The van der Waals surface area contributed by atoms with E-state index in [0.29, 0.717) is 29.6 Å². The van der Waals surface area contributed by atoms with Crippen LogP contribution in [0.3, 0.4) is 0 Å². The van der Waals surface area contributed by atoms with Gasteiger partial charge in [-0.05, 0) is 56.5 Å². The van der Waals surface area contributed by atoms with Gasteiger partial charge in [0.1, 0.15) is 0 Å². The lowest BCUT2D eigenvalue weighted by Gasteiger charge is -2.23. The van der Waals surface area contributed by atoms with Crippen molar-refractivity contribution in [1.29, 1.82) is 0 Å². The molecule has 1 aliphatic rings. The summed E-state index contributed by atoms with van der Waals surface area (Å²) in [6.45, 7) is 7.17. The van der Waals surface area contributed by atoms with Crippen LogP contribution in [0.1, 0.15) is 55.5 Å². The number of carbonyl (C=O) groups excluding carboxylic acids is 1. The first-order chi connectivity index (χ1) is 12.1. The zero-order valence-corrected chi connectivity index (χ0v) is 16.1. The van der Waals surface area contributed by atoms with E-state index in [0.717, 1.165) is 44.3 Å². The van der Waals surface area contributed by atoms with E-state index in [1.165, 1.54) is 6.42 Å². The van der Waals surface area contributed by atoms with Gasteiger partial charge in [-0.2, -0.15) is 0 Å². The second-order valence-corrected chi connectivity index (χ2v) is 6.62. The first kappa shape index (κ1) is 19.6. The lowest BCUT2D eigenvalue weighted by Crippen LogP contribution is -2.40. The van der Waals surface area contributed by atoms with E-state index in [2.05, 4.69) is 24.1 Å². The van der Waals surface area contributed by atoms with Crippen molar-refractivity contribution in [2.45, 2.75) is 52.0 Å². The van der Waals surface area contributed by atoms with Crippen LogP contribution in [0, 0.1) is 0 Å². The van der Waals surface area contributed by atoms with Crippen LogP contribution < -0.4 is 14.8 Å². The predicted octanol–water partition coefficient (Wildman–Crippen LogP) is 3.26. The Labute approximate surface area is 151 Å². The van der Waals surface area contributed by atoms with Crippen molar-refractivity contribution in [1.82, 2.24) is 10.2 Å². The van der Waals surface area contributed by atoms with Crippen LogP contribution in [0.15, 0.2) is 12.1 Å². The maximum atomic E-state index is 12.8. The molecule has 1 aliphatic heterocycles. The van der Waals surface area contributed by atoms with Crippen LogP contribution in [0.25, 0.3) is 0 Å². The monoisotopic (exact) mass is 348 g/mol. The molecular weight excluding hydrogens is 316 g/mol. The SMILES string of the molecule is CCCCc1cc(OC)c(OC)c(C(=O)NC[C@@H]2CCCN2CC)c1. The number of benzene rings is 1. The Morgan fingerprint density at radius 1 is 1.28 bits per heavy atom. The lowest BCUT2D eigenvalue weighted by molar-refractivity contribution is 0.0937. The molecule has 5 heteroatoms. The fourth-order valence-electron chi connectivity index (χ4n) is 3.56. The van der Waals surface area contributed by atoms with E-state index >= 15 is 0 Å². The normalized spacial score (nSPS) is 17.5. The van der Waals surface area contributed by atoms with Crippen LogP contribution in [0.5, 0.6) is 11.5 Å². The molecule has 0 bridgehead atoms. The first-order valence-corrected chi connectivity index (χ1v) is 9.41. The van der Waals surface area contributed by atoms with Crippen LogP contribution in [0.2, 0.25) is 0 Å². The summed E-state index contributed by atoms with van der Waals surface area (Å²) in [6.07, 6.45) is 5.49. The summed E-state index contributed by atoms with van der Waals surface area (Å²) in [5.41, 5.74) is 1.68. The molecular formula is C20H32N2O3. The Kier molecular flexibility index (Phi) is 7.56. The molecule has 1 saturated heterocycles. The third-order valence-corrected chi connectivity index (χ3v) is 5.01. The Hall–Kier alpha value is -1.75. The van der Waals surface area contributed by atoms with Gasteiger partial charge in [-0.25, -0.2) is 0 Å². The summed E-state index contributed by atoms with van der Waals surface area (Å²) >= 11 is 0. The number of likely N-dealkylation sites (tertiary alicyclic amines) is 1. The third kappa shape index (κ3) is 4.88. The number of nitrogens with zero attached hydrogens (tertiary/aromatic N) is 1. The number of carbonyl (C=O) groups is 1. The highest BCUT2D eigenvalue weighted by Gasteiger charge is 2.24. The molecule has 1 amide bonds. The van der Waals surface area contributed by atoms with Gasteiger partial charge < -0.3 is 14.8 Å². The highest BCUT2D eigenvalue weighted by molar-refractivity contribution is 5.98. The number of rotatable bonds is 9. The van der Waals surface area contributed by atoms with Crippen LogP contribution in [0.4, 0.5) is 0 Å². The fourth-order valence-corrected chi connectivity index (χ4v) is 3.56. The fraction of sp³-hybridized carbons (Fsp3) is 0.650. The van der Waals surface area contributed by atoms with Gasteiger partial charge in [0.05, 0.1) is 19.8 Å². The molecule has 1 N–H and O–H groups in total. The molecule has 0 aromatic heterocycles. The van der Waals surface area contributed by atoms with E-state index in [1.807, 2.05) is 12.1 Å². The van der Waals surface area contributed by atoms with Gasteiger partial charge in [0.25, 0.3) is 5.91 Å². The molecule has 0 radical (unpaired) electrons. The number of methoxy groups -OCH3 is 2. The third-order valence-electron chi connectivity index (χ3n) is 5.01. The quantitative estimate of drug-likeness (QED) is 0.744. The van der Waals surface area contributed by atoms with Crippen LogP contribution in [-0.4, -0.2) is 50.7 Å². The maximum Gasteiger partial charge on any atom is 0.255 e. The van der Waals surface area contributed by atoms with Gasteiger partial charge in [0.2, 0.25) is 0 Å². The maximum absolute atomic E-state index is 12.8. The topological polar surface area (TPSA) is 50.8 Å². The second kappa shape index (κ2) is 9.66. The van der Waals surface area contributed by atoms with Gasteiger partial charge in [0.15, 0.2) is 11.5 Å². The summed E-state index contributed by atoms with van der Waals surface area (Å²) in [7, 11) is 3.19. The molecule has 2 rings (SSSR count). The summed E-state index contributed by atoms with van der Waals surface area (Å²) in [5.74, 6) is 1.05. The number of nitrogens with one attached hydrogen (secondary N) is 1. The number of likely N-dealkylation sites (N-methyl/N-ethyl adjacent to an activating group) is 1. The zero-order valence-electron chi connectivity index (χ0n) is 16.1. The van der Waals surface area contributed by atoms with E-state index in [4.69, 9.17) is 9.47 Å². The van der Waals surface area contributed by atoms with Crippen molar-refractivity contribution < 1.29 is 14.3 Å². The molecule has 0 spiro atoms.